The molecule has 0 radical (unpaired) electrons. The summed E-state index contributed by atoms with van der Waals surface area (Å²) in [6.07, 6.45) is 2.40. The minimum atomic E-state index is 0.0661. The van der Waals surface area contributed by atoms with Gasteiger partial charge in [0.05, 0.1) is 0 Å². The van der Waals surface area contributed by atoms with Crippen LogP contribution in [0, 0.1) is 8.99 Å². The van der Waals surface area contributed by atoms with Gasteiger partial charge in [-0.2, -0.15) is 0 Å². The third kappa shape index (κ3) is 2.65. The molecule has 1 N–H and O–H groups in total. The lowest BCUT2D eigenvalue weighted by atomic mass is 9.70. The van der Waals surface area contributed by atoms with Crippen molar-refractivity contribution in [2.45, 2.75) is 25.8 Å². The van der Waals surface area contributed by atoms with E-state index < -0.39 is 0 Å². The molecule has 3 aliphatic heterocycles. The van der Waals surface area contributed by atoms with Gasteiger partial charge in [-0.3, -0.25) is 4.79 Å². The Kier molecular flexibility index (Phi) is 3.55. The van der Waals surface area contributed by atoms with Gasteiger partial charge in [-0.25, -0.2) is 0 Å². The van der Waals surface area contributed by atoms with Gasteiger partial charge in [0.2, 0.25) is 0 Å². The summed E-state index contributed by atoms with van der Waals surface area (Å²) in [7, 11) is 0. The summed E-state index contributed by atoms with van der Waals surface area (Å²) >= 11 is 2.25. The molecule has 1 aromatic rings. The molecule has 1 atom stereocenters. The van der Waals surface area contributed by atoms with Crippen molar-refractivity contribution in [3.63, 3.8) is 0 Å². The van der Waals surface area contributed by atoms with Gasteiger partial charge in [0.15, 0.2) is 0 Å². The molecular weight excluding hydrogens is 351 g/mol. The zero-order valence-electron chi connectivity index (χ0n) is 11.2. The van der Waals surface area contributed by atoms with E-state index >= 15 is 0 Å². The number of halogens is 1. The Bertz CT molecular complexity index is 477. The summed E-state index contributed by atoms with van der Waals surface area (Å²) in [6, 6.07) is 8.06. The van der Waals surface area contributed by atoms with Crippen molar-refractivity contribution in [1.82, 2.24) is 10.2 Å². The van der Waals surface area contributed by atoms with E-state index in [9.17, 15) is 4.79 Å². The van der Waals surface area contributed by atoms with Crippen LogP contribution in [0.4, 0.5) is 0 Å². The molecule has 3 heterocycles. The number of hydrogen-bond acceptors (Lipinski definition) is 2. The van der Waals surface area contributed by atoms with Crippen LogP contribution in [0.1, 0.15) is 30.1 Å². The predicted molar refractivity (Wildman–Crippen MR) is 84.2 cm³/mol. The summed E-state index contributed by atoms with van der Waals surface area (Å²) in [5.41, 5.74) is 1.05. The quantitative estimate of drug-likeness (QED) is 0.812. The van der Waals surface area contributed by atoms with Crippen molar-refractivity contribution in [3.05, 3.63) is 33.4 Å². The number of carbonyl (C=O) groups is 1. The second-order valence-corrected chi connectivity index (χ2v) is 7.23. The first-order valence-electron chi connectivity index (χ1n) is 6.86. The van der Waals surface area contributed by atoms with Crippen molar-refractivity contribution < 1.29 is 4.79 Å². The lowest BCUT2D eigenvalue weighted by molar-refractivity contribution is 0.00383. The summed E-state index contributed by atoms with van der Waals surface area (Å²) in [5, 5.41) is 3.24. The highest BCUT2D eigenvalue weighted by Gasteiger charge is 2.44. The van der Waals surface area contributed by atoms with Crippen molar-refractivity contribution in [3.8, 4) is 0 Å². The fourth-order valence-corrected chi connectivity index (χ4v) is 3.50. The SMILES string of the molecule is CC12CCN(CC1)C[C@H]2NC(=O)c1ccc(I)cc1. The predicted octanol–water partition coefficient (Wildman–Crippen LogP) is 2.51. The normalized spacial score (nSPS) is 33.2. The van der Waals surface area contributed by atoms with Crippen LogP contribution in [0.25, 0.3) is 0 Å². The number of carbonyl (C=O) groups excluding carboxylic acids is 1. The van der Waals surface area contributed by atoms with Gasteiger partial charge in [0, 0.05) is 21.7 Å². The van der Waals surface area contributed by atoms with E-state index in [0.29, 0.717) is 6.04 Å². The molecule has 3 nitrogen and oxygen atoms in total. The van der Waals surface area contributed by atoms with E-state index in [1.807, 2.05) is 24.3 Å². The van der Waals surface area contributed by atoms with E-state index in [1.54, 1.807) is 0 Å². The maximum absolute atomic E-state index is 12.3. The number of nitrogens with zero attached hydrogens (tertiary/aromatic N) is 1. The van der Waals surface area contributed by atoms with E-state index in [4.69, 9.17) is 0 Å². The van der Waals surface area contributed by atoms with Crippen LogP contribution in [0.2, 0.25) is 0 Å². The lowest BCUT2D eigenvalue weighted by Crippen LogP contribution is -2.62. The Morgan fingerprint density at radius 1 is 1.32 bits per heavy atom. The smallest absolute Gasteiger partial charge is 0.251 e. The molecule has 0 unspecified atom stereocenters. The molecule has 0 aromatic heterocycles. The Morgan fingerprint density at radius 3 is 2.53 bits per heavy atom. The molecule has 3 saturated heterocycles. The van der Waals surface area contributed by atoms with Gasteiger partial charge < -0.3 is 10.2 Å². The minimum Gasteiger partial charge on any atom is -0.347 e. The molecule has 3 fully saturated rings. The topological polar surface area (TPSA) is 32.3 Å². The number of hydrogen-bond donors (Lipinski definition) is 1. The van der Waals surface area contributed by atoms with Crippen LogP contribution in [-0.2, 0) is 0 Å². The van der Waals surface area contributed by atoms with Crippen LogP contribution in [0.3, 0.4) is 0 Å². The van der Waals surface area contributed by atoms with Gasteiger partial charge in [-0.15, -0.1) is 0 Å². The van der Waals surface area contributed by atoms with E-state index in [-0.39, 0.29) is 11.3 Å². The molecule has 3 aliphatic rings. The second kappa shape index (κ2) is 5.05. The van der Waals surface area contributed by atoms with Gasteiger partial charge >= 0.3 is 0 Å². The largest absolute Gasteiger partial charge is 0.347 e. The van der Waals surface area contributed by atoms with Crippen molar-refractivity contribution in [2.75, 3.05) is 19.6 Å². The molecule has 0 saturated carbocycles. The summed E-state index contributed by atoms with van der Waals surface area (Å²) in [4.78, 5) is 14.8. The van der Waals surface area contributed by atoms with Crippen molar-refractivity contribution in [2.24, 2.45) is 5.41 Å². The Balaban J connectivity index is 1.71. The fraction of sp³-hybridized carbons (Fsp3) is 0.533. The summed E-state index contributed by atoms with van der Waals surface area (Å²) in [6.45, 7) is 5.70. The number of nitrogens with one attached hydrogen (secondary N) is 1. The molecule has 102 valence electrons. The molecule has 4 rings (SSSR count). The number of rotatable bonds is 2. The number of piperidine rings is 3. The first-order valence-corrected chi connectivity index (χ1v) is 7.93. The molecule has 4 heteroatoms. The summed E-state index contributed by atoms with van der Waals surface area (Å²) < 4.78 is 1.16. The first-order chi connectivity index (χ1) is 9.07. The van der Waals surface area contributed by atoms with Crippen LogP contribution in [0.15, 0.2) is 24.3 Å². The number of fused-ring (bicyclic) bond motifs is 3. The molecule has 0 aliphatic carbocycles. The zero-order chi connectivity index (χ0) is 13.5. The third-order valence-corrected chi connectivity index (χ3v) is 5.41. The molecule has 0 spiro atoms. The Morgan fingerprint density at radius 2 is 1.95 bits per heavy atom. The Labute approximate surface area is 127 Å². The highest BCUT2D eigenvalue weighted by atomic mass is 127. The van der Waals surface area contributed by atoms with Crippen molar-refractivity contribution in [1.29, 1.82) is 0 Å². The maximum atomic E-state index is 12.3. The molecular formula is C15H19IN2O. The maximum Gasteiger partial charge on any atom is 0.251 e. The molecule has 2 bridgehead atoms. The van der Waals surface area contributed by atoms with E-state index in [1.165, 1.54) is 25.9 Å². The minimum absolute atomic E-state index is 0.0661. The van der Waals surface area contributed by atoms with Crippen LogP contribution >= 0.6 is 22.6 Å². The zero-order valence-corrected chi connectivity index (χ0v) is 13.3. The third-order valence-electron chi connectivity index (χ3n) is 4.69. The van der Waals surface area contributed by atoms with Gasteiger partial charge in [-0.05, 0) is 78.2 Å². The number of amides is 1. The fourth-order valence-electron chi connectivity index (χ4n) is 3.14. The number of benzene rings is 1. The van der Waals surface area contributed by atoms with Gasteiger partial charge in [0.25, 0.3) is 5.91 Å². The molecule has 1 aromatic carbocycles. The van der Waals surface area contributed by atoms with Crippen molar-refractivity contribution >= 4 is 28.5 Å². The molecule has 19 heavy (non-hydrogen) atoms. The monoisotopic (exact) mass is 370 g/mol. The van der Waals surface area contributed by atoms with Gasteiger partial charge in [-0.1, -0.05) is 6.92 Å². The van der Waals surface area contributed by atoms with Gasteiger partial charge in [0.1, 0.15) is 0 Å². The first kappa shape index (κ1) is 13.4. The van der Waals surface area contributed by atoms with Crippen LogP contribution in [-0.4, -0.2) is 36.5 Å². The van der Waals surface area contributed by atoms with E-state index in [2.05, 4.69) is 39.7 Å². The highest BCUT2D eigenvalue weighted by Crippen LogP contribution is 2.39. The second-order valence-electron chi connectivity index (χ2n) is 5.99. The Hall–Kier alpha value is -0.620. The molecule has 1 amide bonds. The highest BCUT2D eigenvalue weighted by molar-refractivity contribution is 14.1. The van der Waals surface area contributed by atoms with Crippen LogP contribution < -0.4 is 5.32 Å². The lowest BCUT2D eigenvalue weighted by Gasteiger charge is -2.52. The van der Waals surface area contributed by atoms with Crippen LogP contribution in [0.5, 0.6) is 0 Å². The average molecular weight is 370 g/mol. The summed E-state index contributed by atoms with van der Waals surface area (Å²) in [5.74, 6) is 0.0661. The standard InChI is InChI=1S/C15H19IN2O/c1-15-6-8-18(9-7-15)10-13(15)17-14(19)11-2-4-12(16)5-3-11/h2-5,13H,6-10H2,1H3,(H,17,19)/t13-/m1/s1. The average Bonchev–Trinajstić information content (AvgIpc) is 2.41. The van der Waals surface area contributed by atoms with E-state index in [0.717, 1.165) is 15.7 Å².